The topological polar surface area (TPSA) is 79.5 Å². The molecule has 1 saturated heterocycles. The van der Waals surface area contributed by atoms with Crippen molar-refractivity contribution >= 4 is 5.91 Å². The molecule has 1 unspecified atom stereocenters. The summed E-state index contributed by atoms with van der Waals surface area (Å²) < 4.78 is 5.00. The first-order valence-corrected chi connectivity index (χ1v) is 6.87. The largest absolute Gasteiger partial charge is 0.396 e. The van der Waals surface area contributed by atoms with Gasteiger partial charge in [0, 0.05) is 32.5 Å². The number of hydrogen-bond donors (Lipinski definition) is 1. The molecule has 0 saturated carbocycles. The van der Waals surface area contributed by atoms with Crippen molar-refractivity contribution in [1.29, 1.82) is 0 Å². The zero-order chi connectivity index (χ0) is 13.7. The molecular weight excluding hydrogens is 246 g/mol. The van der Waals surface area contributed by atoms with Crippen LogP contribution in [0.4, 0.5) is 0 Å². The van der Waals surface area contributed by atoms with Crippen LogP contribution in [0.15, 0.2) is 4.52 Å². The van der Waals surface area contributed by atoms with Crippen molar-refractivity contribution in [2.45, 2.75) is 39.0 Å². The molecule has 0 aromatic carbocycles. The van der Waals surface area contributed by atoms with Crippen molar-refractivity contribution in [1.82, 2.24) is 15.0 Å². The molecule has 0 aliphatic carbocycles. The third kappa shape index (κ3) is 4.02. The summed E-state index contributed by atoms with van der Waals surface area (Å²) in [6.45, 7) is 3.55. The fourth-order valence-corrected chi connectivity index (χ4v) is 2.52. The monoisotopic (exact) mass is 267 g/mol. The predicted molar refractivity (Wildman–Crippen MR) is 68.4 cm³/mol. The predicted octanol–water partition coefficient (Wildman–Crippen LogP) is 0.932. The average molecular weight is 267 g/mol. The number of carbonyl (C=O) groups excluding carboxylic acids is 1. The van der Waals surface area contributed by atoms with Crippen LogP contribution in [0.3, 0.4) is 0 Å². The zero-order valence-corrected chi connectivity index (χ0v) is 11.3. The summed E-state index contributed by atoms with van der Waals surface area (Å²) in [5, 5.41) is 12.7. The number of aryl methyl sites for hydroxylation is 2. The summed E-state index contributed by atoms with van der Waals surface area (Å²) >= 11 is 0. The van der Waals surface area contributed by atoms with E-state index < -0.39 is 0 Å². The van der Waals surface area contributed by atoms with Gasteiger partial charge in [0.15, 0.2) is 5.82 Å². The van der Waals surface area contributed by atoms with Crippen LogP contribution in [0, 0.1) is 12.8 Å². The Balaban J connectivity index is 1.79. The lowest BCUT2D eigenvalue weighted by Gasteiger charge is -2.32. The molecule has 0 radical (unpaired) electrons. The van der Waals surface area contributed by atoms with Crippen LogP contribution >= 0.6 is 0 Å². The molecule has 19 heavy (non-hydrogen) atoms. The molecule has 1 aromatic rings. The van der Waals surface area contributed by atoms with E-state index in [4.69, 9.17) is 9.63 Å². The molecular formula is C13H21N3O3. The van der Waals surface area contributed by atoms with Gasteiger partial charge in [0.1, 0.15) is 0 Å². The van der Waals surface area contributed by atoms with Crippen LogP contribution in [-0.4, -0.2) is 45.8 Å². The van der Waals surface area contributed by atoms with Gasteiger partial charge in [-0.2, -0.15) is 4.98 Å². The third-order valence-electron chi connectivity index (χ3n) is 3.53. The summed E-state index contributed by atoms with van der Waals surface area (Å²) in [6.07, 6.45) is 3.82. The minimum atomic E-state index is 0.137. The number of aliphatic hydroxyl groups is 1. The maximum atomic E-state index is 12.1. The number of aromatic nitrogens is 2. The standard InChI is InChI=1S/C13H21N3O3/c1-10-14-12(19-15-10)4-5-13(18)16-7-2-3-11(9-16)6-8-17/h11,17H,2-9H2,1H3. The Labute approximate surface area is 112 Å². The smallest absolute Gasteiger partial charge is 0.227 e. The quantitative estimate of drug-likeness (QED) is 0.858. The maximum Gasteiger partial charge on any atom is 0.227 e. The van der Waals surface area contributed by atoms with E-state index in [1.54, 1.807) is 6.92 Å². The summed E-state index contributed by atoms with van der Waals surface area (Å²) in [5.74, 6) is 1.70. The highest BCUT2D eigenvalue weighted by Gasteiger charge is 2.23. The number of hydrogen-bond acceptors (Lipinski definition) is 5. The van der Waals surface area contributed by atoms with Gasteiger partial charge in [-0.25, -0.2) is 0 Å². The minimum Gasteiger partial charge on any atom is -0.396 e. The lowest BCUT2D eigenvalue weighted by Crippen LogP contribution is -2.40. The van der Waals surface area contributed by atoms with Gasteiger partial charge in [0.05, 0.1) is 0 Å². The molecule has 2 heterocycles. The van der Waals surface area contributed by atoms with Crippen LogP contribution in [0.2, 0.25) is 0 Å². The van der Waals surface area contributed by atoms with Crippen LogP contribution in [0.5, 0.6) is 0 Å². The Morgan fingerprint density at radius 2 is 2.42 bits per heavy atom. The molecule has 0 spiro atoms. The van der Waals surface area contributed by atoms with E-state index in [1.165, 1.54) is 0 Å². The SMILES string of the molecule is Cc1noc(CCC(=O)N2CCCC(CCO)C2)n1. The molecule has 106 valence electrons. The summed E-state index contributed by atoms with van der Waals surface area (Å²) in [5.41, 5.74) is 0. The normalized spacial score (nSPS) is 19.7. The van der Waals surface area contributed by atoms with Gasteiger partial charge in [-0.1, -0.05) is 5.16 Å². The first kappa shape index (κ1) is 14.0. The molecule has 1 aromatic heterocycles. The average Bonchev–Trinajstić information content (AvgIpc) is 2.82. The van der Waals surface area contributed by atoms with Gasteiger partial charge >= 0.3 is 0 Å². The van der Waals surface area contributed by atoms with E-state index >= 15 is 0 Å². The Kier molecular flexibility index (Phi) is 4.90. The highest BCUT2D eigenvalue weighted by molar-refractivity contribution is 5.76. The van der Waals surface area contributed by atoms with Gasteiger partial charge in [-0.05, 0) is 32.1 Å². The number of carbonyl (C=O) groups is 1. The molecule has 6 heteroatoms. The Morgan fingerprint density at radius 3 is 3.11 bits per heavy atom. The molecule has 1 aliphatic rings. The van der Waals surface area contributed by atoms with E-state index in [-0.39, 0.29) is 12.5 Å². The lowest BCUT2D eigenvalue weighted by atomic mass is 9.95. The molecule has 1 amide bonds. The third-order valence-corrected chi connectivity index (χ3v) is 3.53. The molecule has 1 atom stereocenters. The first-order chi connectivity index (χ1) is 9.19. The van der Waals surface area contributed by atoms with Gasteiger partial charge in [0.25, 0.3) is 0 Å². The van der Waals surface area contributed by atoms with E-state index in [0.29, 0.717) is 30.5 Å². The number of aliphatic hydroxyl groups excluding tert-OH is 1. The van der Waals surface area contributed by atoms with E-state index in [1.807, 2.05) is 4.90 Å². The van der Waals surface area contributed by atoms with E-state index in [0.717, 1.165) is 32.4 Å². The fourth-order valence-electron chi connectivity index (χ4n) is 2.52. The number of likely N-dealkylation sites (tertiary alicyclic amines) is 1. The Hall–Kier alpha value is -1.43. The maximum absolute atomic E-state index is 12.1. The second-order valence-corrected chi connectivity index (χ2v) is 5.10. The summed E-state index contributed by atoms with van der Waals surface area (Å²) in [4.78, 5) is 18.1. The van der Waals surface area contributed by atoms with Gasteiger partial charge in [-0.15, -0.1) is 0 Å². The van der Waals surface area contributed by atoms with Crippen molar-refractivity contribution in [2.24, 2.45) is 5.92 Å². The summed E-state index contributed by atoms with van der Waals surface area (Å²) in [6, 6.07) is 0. The zero-order valence-electron chi connectivity index (χ0n) is 11.3. The summed E-state index contributed by atoms with van der Waals surface area (Å²) in [7, 11) is 0. The van der Waals surface area contributed by atoms with Crippen LogP contribution in [0.25, 0.3) is 0 Å². The highest BCUT2D eigenvalue weighted by Crippen LogP contribution is 2.20. The molecule has 1 N–H and O–H groups in total. The van der Waals surface area contributed by atoms with Crippen molar-refractivity contribution in [2.75, 3.05) is 19.7 Å². The number of amides is 1. The number of piperidine rings is 1. The molecule has 0 bridgehead atoms. The molecule has 2 rings (SSSR count). The van der Waals surface area contributed by atoms with E-state index in [9.17, 15) is 4.79 Å². The molecule has 1 fully saturated rings. The Morgan fingerprint density at radius 1 is 1.58 bits per heavy atom. The second kappa shape index (κ2) is 6.65. The van der Waals surface area contributed by atoms with Crippen LogP contribution in [0.1, 0.15) is 37.4 Å². The van der Waals surface area contributed by atoms with Crippen molar-refractivity contribution < 1.29 is 14.4 Å². The second-order valence-electron chi connectivity index (χ2n) is 5.10. The van der Waals surface area contributed by atoms with Gasteiger partial charge in [-0.3, -0.25) is 4.79 Å². The van der Waals surface area contributed by atoms with Crippen molar-refractivity contribution in [3.63, 3.8) is 0 Å². The van der Waals surface area contributed by atoms with Crippen molar-refractivity contribution in [3.05, 3.63) is 11.7 Å². The lowest BCUT2D eigenvalue weighted by molar-refractivity contribution is -0.133. The number of nitrogens with zero attached hydrogens (tertiary/aromatic N) is 3. The number of rotatable bonds is 5. The fraction of sp³-hybridized carbons (Fsp3) is 0.769. The Bertz CT molecular complexity index is 417. The van der Waals surface area contributed by atoms with Crippen molar-refractivity contribution in [3.8, 4) is 0 Å². The molecule has 6 nitrogen and oxygen atoms in total. The molecule has 1 aliphatic heterocycles. The minimum absolute atomic E-state index is 0.137. The highest BCUT2D eigenvalue weighted by atomic mass is 16.5. The first-order valence-electron chi connectivity index (χ1n) is 6.87. The van der Waals surface area contributed by atoms with Gasteiger partial charge in [0.2, 0.25) is 11.8 Å². The van der Waals surface area contributed by atoms with Crippen LogP contribution < -0.4 is 0 Å². The van der Waals surface area contributed by atoms with Gasteiger partial charge < -0.3 is 14.5 Å². The van der Waals surface area contributed by atoms with Crippen LogP contribution in [-0.2, 0) is 11.2 Å². The van der Waals surface area contributed by atoms with E-state index in [2.05, 4.69) is 10.1 Å².